The Balaban J connectivity index is 1.41. The number of hydrogen-bond donors (Lipinski definition) is 1. The van der Waals surface area contributed by atoms with Crippen molar-refractivity contribution in [1.29, 1.82) is 0 Å². The summed E-state index contributed by atoms with van der Waals surface area (Å²) in [7, 11) is -3.46. The number of benzene rings is 3. The summed E-state index contributed by atoms with van der Waals surface area (Å²) in [6, 6.07) is 18.2. The number of carboxylic acids is 1. The Morgan fingerprint density at radius 3 is 2.08 bits per heavy atom. The maximum atomic E-state index is 13.5. The highest BCUT2D eigenvalue weighted by Gasteiger charge is 2.39. The minimum absolute atomic E-state index is 0.00215. The molecule has 15 nitrogen and oxygen atoms in total. The molecule has 1 aliphatic carbocycles. The SMILES string of the molecule is CCOOP(=O)(OOCC)Oc1ccc2c(CC(C(=O)O)N(C(=O)OC)C(=O)OCC3c4ccccc4-c4ccccc43)cc(=O)oc2c1. The number of carbonyl (C=O) groups excluding carboxylic acids is 2. The lowest BCUT2D eigenvalue weighted by Crippen LogP contribution is -2.50. The van der Waals surface area contributed by atoms with Crippen molar-refractivity contribution in [2.45, 2.75) is 32.2 Å². The van der Waals surface area contributed by atoms with E-state index in [-0.39, 0.29) is 48.0 Å². The van der Waals surface area contributed by atoms with Crippen LogP contribution in [0.3, 0.4) is 0 Å². The zero-order valence-electron chi connectivity index (χ0n) is 26.6. The summed E-state index contributed by atoms with van der Waals surface area (Å²) < 4.78 is 43.3. The number of carbonyl (C=O) groups is 3. The molecule has 5 rings (SSSR count). The molecule has 1 N–H and O–H groups in total. The first-order chi connectivity index (χ1) is 23.6. The largest absolute Gasteiger partial charge is 0.585 e. The standard InChI is InChI=1S/C33H32NO14P/c1-4-43-47-49(40,48-44-5-2)46-21-14-15-22-20(17-30(35)45-29(22)18-21)16-28(31(36)37)34(32(38)41-3)33(39)42-19-27-25-12-8-6-10-23(25)24-11-7-9-13-26(24)27/h6-15,17-18,27-28H,4-5,16,19H2,1-3H3,(H,36,37). The molecule has 1 aromatic heterocycles. The molecule has 3 aromatic carbocycles. The predicted molar refractivity (Wildman–Crippen MR) is 171 cm³/mol. The van der Waals surface area contributed by atoms with Gasteiger partial charge in [0, 0.05) is 29.9 Å². The first-order valence-corrected chi connectivity index (χ1v) is 16.5. The van der Waals surface area contributed by atoms with Crippen molar-refractivity contribution in [2.24, 2.45) is 0 Å². The summed E-state index contributed by atoms with van der Waals surface area (Å²) in [5, 5.41) is 10.4. The Morgan fingerprint density at radius 1 is 0.898 bits per heavy atom. The number of fused-ring (bicyclic) bond motifs is 4. The van der Waals surface area contributed by atoms with Gasteiger partial charge in [0.15, 0.2) is 0 Å². The third kappa shape index (κ3) is 7.82. The van der Waals surface area contributed by atoms with Gasteiger partial charge in [-0.3, -0.25) is 0 Å². The van der Waals surface area contributed by atoms with Crippen molar-refractivity contribution < 1.29 is 61.6 Å². The van der Waals surface area contributed by atoms with E-state index < -0.39 is 44.1 Å². The average molecular weight is 698 g/mol. The molecule has 1 unspecified atom stereocenters. The van der Waals surface area contributed by atoms with Crippen LogP contribution in [0, 0.1) is 0 Å². The van der Waals surface area contributed by atoms with Crippen LogP contribution < -0.4 is 10.1 Å². The van der Waals surface area contributed by atoms with E-state index in [0.717, 1.165) is 35.4 Å². The number of ether oxygens (including phenoxy) is 2. The molecule has 0 saturated heterocycles. The fraction of sp³-hybridized carbons (Fsp3) is 0.273. The molecule has 0 radical (unpaired) electrons. The third-order valence-corrected chi connectivity index (χ3v) is 8.47. The maximum absolute atomic E-state index is 13.5. The molecular weight excluding hydrogens is 665 g/mol. The highest BCUT2D eigenvalue weighted by molar-refractivity contribution is 7.48. The number of rotatable bonds is 14. The monoisotopic (exact) mass is 697 g/mol. The predicted octanol–water partition coefficient (Wildman–Crippen LogP) is 6.23. The van der Waals surface area contributed by atoms with E-state index in [2.05, 4.69) is 0 Å². The lowest BCUT2D eigenvalue weighted by atomic mass is 9.98. The zero-order chi connectivity index (χ0) is 35.1. The molecule has 1 aliphatic rings. The van der Waals surface area contributed by atoms with Gasteiger partial charge in [0.05, 0.1) is 20.3 Å². The molecule has 0 saturated carbocycles. The van der Waals surface area contributed by atoms with Crippen molar-refractivity contribution in [2.75, 3.05) is 26.9 Å². The Kier molecular flexibility index (Phi) is 11.1. The summed E-state index contributed by atoms with van der Waals surface area (Å²) in [6.07, 6.45) is -3.09. The molecule has 1 atom stereocenters. The third-order valence-electron chi connectivity index (χ3n) is 7.46. The fourth-order valence-corrected chi connectivity index (χ4v) is 6.36. The van der Waals surface area contributed by atoms with Gasteiger partial charge < -0.3 is 23.5 Å². The van der Waals surface area contributed by atoms with Crippen LogP contribution in [0.2, 0.25) is 0 Å². The van der Waals surface area contributed by atoms with Crippen LogP contribution in [-0.2, 0) is 44.4 Å². The van der Waals surface area contributed by atoms with Gasteiger partial charge in [-0.25, -0.2) is 33.5 Å². The number of amides is 2. The highest BCUT2D eigenvalue weighted by atomic mass is 31.2. The minimum Gasteiger partial charge on any atom is -0.480 e. The van der Waals surface area contributed by atoms with Gasteiger partial charge in [-0.15, -0.1) is 9.35 Å². The van der Waals surface area contributed by atoms with Gasteiger partial charge in [-0.2, -0.15) is 4.90 Å². The summed E-state index contributed by atoms with van der Waals surface area (Å²) >= 11 is 0. The lowest BCUT2D eigenvalue weighted by Gasteiger charge is -2.26. The van der Waals surface area contributed by atoms with Gasteiger partial charge in [0.2, 0.25) is 0 Å². The average Bonchev–Trinajstić information content (AvgIpc) is 3.41. The van der Waals surface area contributed by atoms with E-state index in [1.165, 1.54) is 18.2 Å². The van der Waals surface area contributed by atoms with Gasteiger partial charge in [0.1, 0.15) is 24.0 Å². The Bertz CT molecular complexity index is 1900. The molecule has 4 aromatic rings. The molecule has 1 heterocycles. The van der Waals surface area contributed by atoms with E-state index in [1.54, 1.807) is 13.8 Å². The molecule has 0 aliphatic heterocycles. The number of methoxy groups -OCH3 is 1. The van der Waals surface area contributed by atoms with Crippen molar-refractivity contribution in [3.63, 3.8) is 0 Å². The smallest absolute Gasteiger partial charge is 0.480 e. The second-order valence-electron chi connectivity index (χ2n) is 10.5. The van der Waals surface area contributed by atoms with Gasteiger partial charge in [0.25, 0.3) is 0 Å². The number of aliphatic carboxylic acids is 1. The first-order valence-electron chi connectivity index (χ1n) is 15.0. The quantitative estimate of drug-likeness (QED) is 0.0676. The molecular formula is C33H32NO14P. The minimum atomic E-state index is -4.45. The van der Waals surface area contributed by atoms with E-state index in [1.807, 2.05) is 48.5 Å². The number of nitrogens with zero attached hydrogens (tertiary/aromatic N) is 1. The van der Waals surface area contributed by atoms with Gasteiger partial charge in [-0.05, 0) is 53.8 Å². The van der Waals surface area contributed by atoms with E-state index in [4.69, 9.17) is 37.5 Å². The van der Waals surface area contributed by atoms with E-state index >= 15 is 0 Å². The van der Waals surface area contributed by atoms with Crippen LogP contribution in [0.15, 0.2) is 82.0 Å². The summed E-state index contributed by atoms with van der Waals surface area (Å²) in [5.41, 5.74) is 2.84. The van der Waals surface area contributed by atoms with Crippen LogP contribution >= 0.6 is 7.82 Å². The molecule has 2 amide bonds. The Morgan fingerprint density at radius 2 is 1.51 bits per heavy atom. The van der Waals surface area contributed by atoms with Crippen LogP contribution in [0.1, 0.15) is 36.5 Å². The van der Waals surface area contributed by atoms with Crippen molar-refractivity contribution in [3.8, 4) is 16.9 Å². The van der Waals surface area contributed by atoms with Gasteiger partial charge in [-0.1, -0.05) is 48.5 Å². The zero-order valence-corrected chi connectivity index (χ0v) is 27.5. The molecule has 49 heavy (non-hydrogen) atoms. The number of phosphoric acid groups is 1. The van der Waals surface area contributed by atoms with Crippen molar-refractivity contribution in [1.82, 2.24) is 4.90 Å². The van der Waals surface area contributed by atoms with Crippen LogP contribution in [0.5, 0.6) is 5.75 Å². The van der Waals surface area contributed by atoms with E-state index in [9.17, 15) is 28.8 Å². The van der Waals surface area contributed by atoms with Crippen molar-refractivity contribution in [3.05, 3.63) is 99.9 Å². The normalized spacial score (nSPS) is 13.0. The van der Waals surface area contributed by atoms with Crippen molar-refractivity contribution >= 4 is 36.9 Å². The summed E-state index contributed by atoms with van der Waals surface area (Å²) in [5.74, 6) is -2.10. The second-order valence-corrected chi connectivity index (χ2v) is 11.8. The number of imide groups is 1. The van der Waals surface area contributed by atoms with Crippen LogP contribution in [0.4, 0.5) is 9.59 Å². The van der Waals surface area contributed by atoms with Crippen LogP contribution in [-0.4, -0.2) is 61.1 Å². The maximum Gasteiger partial charge on any atom is 0.585 e. The highest BCUT2D eigenvalue weighted by Crippen LogP contribution is 2.50. The molecule has 16 heteroatoms. The Hall–Kier alpha value is -5.05. The topological polar surface area (TPSA) is 187 Å². The molecule has 0 fully saturated rings. The first kappa shape index (κ1) is 35.3. The lowest BCUT2D eigenvalue weighted by molar-refractivity contribution is -0.273. The summed E-state index contributed by atoms with van der Waals surface area (Å²) in [4.78, 5) is 61.3. The number of carboxylic acid groups (broad SMARTS) is 1. The molecule has 0 spiro atoms. The second kappa shape index (κ2) is 15.4. The number of hydrogen-bond acceptors (Lipinski definition) is 13. The van der Waals surface area contributed by atoms with Crippen LogP contribution in [0.25, 0.3) is 22.1 Å². The van der Waals surface area contributed by atoms with Gasteiger partial charge >= 0.3 is 31.6 Å². The fourth-order valence-electron chi connectivity index (χ4n) is 5.43. The molecule has 258 valence electrons. The Labute approximate surface area is 279 Å². The summed E-state index contributed by atoms with van der Waals surface area (Å²) in [6.45, 7) is 2.94. The molecule has 0 bridgehead atoms. The van der Waals surface area contributed by atoms with E-state index in [0.29, 0.717) is 4.90 Å².